The molecule has 0 fully saturated rings. The van der Waals surface area contributed by atoms with Crippen molar-refractivity contribution in [2.45, 2.75) is 5.92 Å². The zero-order valence-electron chi connectivity index (χ0n) is 9.08. The van der Waals surface area contributed by atoms with Gasteiger partial charge in [-0.3, -0.25) is 0 Å². The maximum absolute atomic E-state index is 9.53. The topological polar surface area (TPSA) is 40.5 Å². The molecule has 0 radical (unpaired) electrons. The van der Waals surface area contributed by atoms with Crippen LogP contribution < -0.4 is 0 Å². The van der Waals surface area contributed by atoms with Gasteiger partial charge in [0.05, 0.1) is 13.2 Å². The molecule has 1 unspecified atom stereocenters. The minimum atomic E-state index is -0.573. The van der Waals surface area contributed by atoms with Crippen molar-refractivity contribution in [2.24, 2.45) is 5.41 Å². The van der Waals surface area contributed by atoms with Gasteiger partial charge in [-0.25, -0.2) is 0 Å². The summed E-state index contributed by atoms with van der Waals surface area (Å²) in [5.74, 6) is 0.0358. The SMILES string of the molecule is OCC1(CO)C=CC=CC1c1ccccc1. The average Bonchev–Trinajstić information content (AvgIpc) is 2.39. The molecule has 2 N–H and O–H groups in total. The van der Waals surface area contributed by atoms with Crippen molar-refractivity contribution < 1.29 is 10.2 Å². The number of aliphatic hydroxyl groups is 2. The van der Waals surface area contributed by atoms with E-state index in [0.29, 0.717) is 0 Å². The molecule has 1 aromatic carbocycles. The van der Waals surface area contributed by atoms with E-state index in [1.54, 1.807) is 0 Å². The molecule has 1 aliphatic carbocycles. The van der Waals surface area contributed by atoms with Crippen LogP contribution in [0.4, 0.5) is 0 Å². The summed E-state index contributed by atoms with van der Waals surface area (Å²) in [6.45, 7) is -0.103. The van der Waals surface area contributed by atoms with E-state index in [1.165, 1.54) is 0 Å². The molecule has 0 bridgehead atoms. The first-order valence-corrected chi connectivity index (χ1v) is 5.45. The van der Waals surface area contributed by atoms with Gasteiger partial charge < -0.3 is 10.2 Å². The van der Waals surface area contributed by atoms with Gasteiger partial charge in [-0.15, -0.1) is 0 Å². The highest BCUT2D eigenvalue weighted by Gasteiger charge is 2.36. The molecule has 2 rings (SSSR count). The van der Waals surface area contributed by atoms with Crippen molar-refractivity contribution >= 4 is 0 Å². The predicted molar refractivity (Wildman–Crippen MR) is 64.1 cm³/mol. The highest BCUT2D eigenvalue weighted by Crippen LogP contribution is 2.40. The Labute approximate surface area is 95.6 Å². The maximum atomic E-state index is 9.53. The molecule has 2 heteroatoms. The Bertz CT molecular complexity index is 388. The van der Waals surface area contributed by atoms with Crippen LogP contribution >= 0.6 is 0 Å². The highest BCUT2D eigenvalue weighted by molar-refractivity contribution is 5.34. The summed E-state index contributed by atoms with van der Waals surface area (Å²) in [6.07, 6.45) is 7.76. The van der Waals surface area contributed by atoms with Crippen LogP contribution in [0, 0.1) is 5.41 Å². The molecule has 0 spiro atoms. The fourth-order valence-corrected chi connectivity index (χ4v) is 2.17. The van der Waals surface area contributed by atoms with Crippen LogP contribution in [-0.4, -0.2) is 23.4 Å². The average molecular weight is 216 g/mol. The lowest BCUT2D eigenvalue weighted by Gasteiger charge is -2.35. The van der Waals surface area contributed by atoms with Gasteiger partial charge in [-0.1, -0.05) is 54.6 Å². The third-order valence-corrected chi connectivity index (χ3v) is 3.21. The number of benzene rings is 1. The van der Waals surface area contributed by atoms with Gasteiger partial charge in [-0.2, -0.15) is 0 Å². The van der Waals surface area contributed by atoms with Crippen molar-refractivity contribution in [2.75, 3.05) is 13.2 Å². The van der Waals surface area contributed by atoms with Crippen molar-refractivity contribution in [3.8, 4) is 0 Å². The third kappa shape index (κ3) is 1.82. The smallest absolute Gasteiger partial charge is 0.0553 e. The Hall–Kier alpha value is -1.38. The Kier molecular flexibility index (Phi) is 3.22. The van der Waals surface area contributed by atoms with Gasteiger partial charge in [0, 0.05) is 11.3 Å². The Morgan fingerprint density at radius 2 is 1.69 bits per heavy atom. The monoisotopic (exact) mass is 216 g/mol. The number of hydrogen-bond acceptors (Lipinski definition) is 2. The lowest BCUT2D eigenvalue weighted by Crippen LogP contribution is -2.35. The van der Waals surface area contributed by atoms with Crippen molar-refractivity contribution in [1.82, 2.24) is 0 Å². The van der Waals surface area contributed by atoms with Gasteiger partial charge in [0.2, 0.25) is 0 Å². The van der Waals surface area contributed by atoms with Crippen LogP contribution in [0.2, 0.25) is 0 Å². The number of rotatable bonds is 3. The normalized spacial score (nSPS) is 22.2. The molecular weight excluding hydrogens is 200 g/mol. The van der Waals surface area contributed by atoms with Gasteiger partial charge in [0.25, 0.3) is 0 Å². The number of hydrogen-bond donors (Lipinski definition) is 2. The second-order valence-corrected chi connectivity index (χ2v) is 4.18. The summed E-state index contributed by atoms with van der Waals surface area (Å²) in [5, 5.41) is 19.1. The van der Waals surface area contributed by atoms with E-state index in [2.05, 4.69) is 0 Å². The molecule has 0 aliphatic heterocycles. The van der Waals surface area contributed by atoms with Gasteiger partial charge in [0.15, 0.2) is 0 Å². The molecular formula is C14H16O2. The van der Waals surface area contributed by atoms with Crippen molar-refractivity contribution in [3.05, 3.63) is 60.2 Å². The van der Waals surface area contributed by atoms with Crippen LogP contribution in [0.25, 0.3) is 0 Å². The zero-order valence-corrected chi connectivity index (χ0v) is 9.08. The second kappa shape index (κ2) is 4.64. The summed E-state index contributed by atoms with van der Waals surface area (Å²) in [6, 6.07) is 9.95. The Morgan fingerprint density at radius 3 is 2.31 bits per heavy atom. The minimum absolute atomic E-state index is 0.0358. The first kappa shape index (κ1) is 11.1. The van der Waals surface area contributed by atoms with Crippen LogP contribution in [0.5, 0.6) is 0 Å². The summed E-state index contributed by atoms with van der Waals surface area (Å²) in [5.41, 5.74) is 0.544. The molecule has 1 atom stereocenters. The van der Waals surface area contributed by atoms with E-state index in [0.717, 1.165) is 5.56 Å². The quantitative estimate of drug-likeness (QED) is 0.809. The van der Waals surface area contributed by atoms with E-state index in [-0.39, 0.29) is 19.1 Å². The molecule has 0 saturated carbocycles. The largest absolute Gasteiger partial charge is 0.395 e. The summed E-state index contributed by atoms with van der Waals surface area (Å²) >= 11 is 0. The molecule has 0 heterocycles. The van der Waals surface area contributed by atoms with E-state index < -0.39 is 5.41 Å². The molecule has 0 saturated heterocycles. The molecule has 1 aliphatic rings. The zero-order chi connectivity index (χ0) is 11.4. The molecule has 0 aromatic heterocycles. The molecule has 2 nitrogen and oxygen atoms in total. The lowest BCUT2D eigenvalue weighted by atomic mass is 9.71. The summed E-state index contributed by atoms with van der Waals surface area (Å²) in [4.78, 5) is 0. The van der Waals surface area contributed by atoms with E-state index >= 15 is 0 Å². The van der Waals surface area contributed by atoms with Gasteiger partial charge >= 0.3 is 0 Å². The highest BCUT2D eigenvalue weighted by atomic mass is 16.3. The van der Waals surface area contributed by atoms with Gasteiger partial charge in [-0.05, 0) is 5.56 Å². The Balaban J connectivity index is 2.39. The molecule has 0 amide bonds. The summed E-state index contributed by atoms with van der Waals surface area (Å²) in [7, 11) is 0. The van der Waals surface area contributed by atoms with E-state index in [9.17, 15) is 10.2 Å². The lowest BCUT2D eigenvalue weighted by molar-refractivity contribution is 0.0811. The molecule has 16 heavy (non-hydrogen) atoms. The second-order valence-electron chi connectivity index (χ2n) is 4.18. The van der Waals surface area contributed by atoms with Crippen LogP contribution in [0.15, 0.2) is 54.6 Å². The van der Waals surface area contributed by atoms with Crippen molar-refractivity contribution in [3.63, 3.8) is 0 Å². The van der Waals surface area contributed by atoms with Crippen molar-refractivity contribution in [1.29, 1.82) is 0 Å². The third-order valence-electron chi connectivity index (χ3n) is 3.21. The van der Waals surface area contributed by atoms with Crippen LogP contribution in [0.3, 0.4) is 0 Å². The van der Waals surface area contributed by atoms with E-state index in [1.807, 2.05) is 54.6 Å². The van der Waals surface area contributed by atoms with Crippen LogP contribution in [-0.2, 0) is 0 Å². The summed E-state index contributed by atoms with van der Waals surface area (Å²) < 4.78 is 0. The Morgan fingerprint density at radius 1 is 1.00 bits per heavy atom. The first-order valence-electron chi connectivity index (χ1n) is 5.45. The van der Waals surface area contributed by atoms with E-state index in [4.69, 9.17) is 0 Å². The fourth-order valence-electron chi connectivity index (χ4n) is 2.17. The number of aliphatic hydroxyl groups excluding tert-OH is 2. The van der Waals surface area contributed by atoms with Crippen LogP contribution in [0.1, 0.15) is 11.5 Å². The maximum Gasteiger partial charge on any atom is 0.0553 e. The number of allylic oxidation sites excluding steroid dienone is 3. The predicted octanol–water partition coefficient (Wildman–Crippen LogP) is 1.87. The molecule has 84 valence electrons. The minimum Gasteiger partial charge on any atom is -0.395 e. The van der Waals surface area contributed by atoms with Gasteiger partial charge in [0.1, 0.15) is 0 Å². The fraction of sp³-hybridized carbons (Fsp3) is 0.286. The molecule has 1 aromatic rings. The first-order chi connectivity index (χ1) is 7.82. The standard InChI is InChI=1S/C14H16O2/c15-10-14(11-16)9-5-4-8-13(14)12-6-2-1-3-7-12/h1-9,13,15-16H,10-11H2.